The Kier molecular flexibility index (Phi) is 46.6. The van der Waals surface area contributed by atoms with E-state index in [2.05, 4.69) is 142 Å². The van der Waals surface area contributed by atoms with Crippen molar-refractivity contribution >= 4 is 11.9 Å². The number of esters is 2. The largest absolute Gasteiger partial charge is 0.462 e. The number of carbonyl (C=O) groups excluding carboxylic acids is 2. The van der Waals surface area contributed by atoms with Crippen LogP contribution in [0.15, 0.2) is 122 Å². The van der Waals surface area contributed by atoms with Crippen molar-refractivity contribution in [1.29, 1.82) is 0 Å². The molecular weight excluding hydrogens is 741 g/mol. The van der Waals surface area contributed by atoms with E-state index in [0.717, 1.165) is 148 Å². The van der Waals surface area contributed by atoms with E-state index >= 15 is 0 Å². The molecule has 0 rings (SSSR count). The van der Waals surface area contributed by atoms with Gasteiger partial charge in [-0.1, -0.05) is 174 Å². The molecule has 0 heterocycles. The lowest BCUT2D eigenvalue weighted by Gasteiger charge is -2.18. The Bertz CT molecular complexity index is 1260. The zero-order chi connectivity index (χ0) is 43.5. The highest BCUT2D eigenvalue weighted by molar-refractivity contribution is 5.70. The molecule has 0 aliphatic rings. The van der Waals surface area contributed by atoms with Gasteiger partial charge in [-0.2, -0.15) is 0 Å². The zero-order valence-electron chi connectivity index (χ0n) is 38.7. The Morgan fingerprint density at radius 1 is 0.367 bits per heavy atom. The van der Waals surface area contributed by atoms with Crippen molar-refractivity contribution in [1.82, 2.24) is 0 Å². The van der Waals surface area contributed by atoms with Crippen molar-refractivity contribution in [3.8, 4) is 0 Å². The summed E-state index contributed by atoms with van der Waals surface area (Å²) in [5, 5.41) is 0. The van der Waals surface area contributed by atoms with Gasteiger partial charge >= 0.3 is 11.9 Å². The topological polar surface area (TPSA) is 61.8 Å². The summed E-state index contributed by atoms with van der Waals surface area (Å²) in [6.45, 7) is 7.35. The van der Waals surface area contributed by atoms with Crippen LogP contribution in [-0.2, 0) is 23.8 Å². The van der Waals surface area contributed by atoms with E-state index in [-0.39, 0.29) is 25.2 Å². The summed E-state index contributed by atoms with van der Waals surface area (Å²) in [6.07, 6.45) is 69.2. The van der Waals surface area contributed by atoms with Gasteiger partial charge in [0.15, 0.2) is 6.10 Å². The molecule has 0 fully saturated rings. The van der Waals surface area contributed by atoms with Crippen LogP contribution in [0.2, 0.25) is 0 Å². The molecule has 0 radical (unpaired) electrons. The molecule has 0 bridgehead atoms. The summed E-state index contributed by atoms with van der Waals surface area (Å²) in [7, 11) is 0. The van der Waals surface area contributed by atoms with Crippen LogP contribution >= 0.6 is 0 Å². The summed E-state index contributed by atoms with van der Waals surface area (Å²) < 4.78 is 17.3. The molecule has 0 aromatic rings. The summed E-state index contributed by atoms with van der Waals surface area (Å²) in [4.78, 5) is 25.3. The highest BCUT2D eigenvalue weighted by Crippen LogP contribution is 2.11. The van der Waals surface area contributed by atoms with E-state index in [9.17, 15) is 9.59 Å². The average Bonchev–Trinajstić information content (AvgIpc) is 3.25. The molecule has 338 valence electrons. The average molecular weight is 829 g/mol. The number of unbranched alkanes of at least 4 members (excludes halogenated alkanes) is 11. The fourth-order valence-corrected chi connectivity index (χ4v) is 6.00. The SMILES string of the molecule is CC/C=C\C/C=C\C/C=C\C/C=C\CCCCCCC(=O)OCC(COCCCCCC/C=C\C/C=C\C/C=C\CC)OC(=O)CCCCC/C=C\C/C=C\C/C=C\CC. The first-order chi connectivity index (χ1) is 29.6. The number of carbonyl (C=O) groups is 2. The predicted molar refractivity (Wildman–Crippen MR) is 260 cm³/mol. The standard InChI is InChI=1S/C55H88O5/c1-4-7-10-13-16-19-22-25-27-28-29-31-33-36-39-42-45-48-54(56)59-52-53(51-58-50-47-44-41-38-35-32-26-23-20-17-14-11-8-5-2)60-55(57)49-46-43-40-37-34-30-24-21-18-15-12-9-6-3/h7-12,16-21,25-27,29-32,34,53H,4-6,13-15,22-24,28,33,35-52H2,1-3H3/b10-7-,11-8-,12-9-,19-16-,20-17-,21-18-,27-25-,31-29-,32-26-,34-30-. The molecule has 0 amide bonds. The van der Waals surface area contributed by atoms with Crippen molar-refractivity contribution in [2.45, 2.75) is 194 Å². The third-order valence-electron chi connectivity index (χ3n) is 9.47. The predicted octanol–water partition coefficient (Wildman–Crippen LogP) is 16.2. The second-order valence-corrected chi connectivity index (χ2v) is 15.2. The van der Waals surface area contributed by atoms with Gasteiger partial charge in [0.05, 0.1) is 6.61 Å². The number of ether oxygens (including phenoxy) is 3. The molecule has 0 N–H and O–H groups in total. The summed E-state index contributed by atoms with van der Waals surface area (Å²) in [6, 6.07) is 0. The molecule has 0 aromatic heterocycles. The number of hydrogen-bond donors (Lipinski definition) is 0. The molecule has 5 heteroatoms. The lowest BCUT2D eigenvalue weighted by atomic mass is 10.1. The quantitative estimate of drug-likeness (QED) is 0.0348. The molecule has 1 unspecified atom stereocenters. The molecule has 5 nitrogen and oxygen atoms in total. The van der Waals surface area contributed by atoms with Crippen LogP contribution in [0.3, 0.4) is 0 Å². The molecular formula is C55H88O5. The second kappa shape index (κ2) is 49.7. The Hall–Kier alpha value is -3.70. The minimum absolute atomic E-state index is 0.0432. The minimum Gasteiger partial charge on any atom is -0.462 e. The van der Waals surface area contributed by atoms with Crippen molar-refractivity contribution in [3.63, 3.8) is 0 Å². The van der Waals surface area contributed by atoms with Gasteiger partial charge in [0.2, 0.25) is 0 Å². The Labute approximate surface area is 369 Å². The highest BCUT2D eigenvalue weighted by atomic mass is 16.6. The lowest BCUT2D eigenvalue weighted by Crippen LogP contribution is -2.30. The van der Waals surface area contributed by atoms with E-state index in [0.29, 0.717) is 19.4 Å². The van der Waals surface area contributed by atoms with Gasteiger partial charge in [-0.3, -0.25) is 9.59 Å². The monoisotopic (exact) mass is 829 g/mol. The first-order valence-electron chi connectivity index (χ1n) is 24.1. The molecule has 0 aliphatic carbocycles. The second-order valence-electron chi connectivity index (χ2n) is 15.2. The number of hydrogen-bond acceptors (Lipinski definition) is 5. The zero-order valence-corrected chi connectivity index (χ0v) is 38.7. The van der Waals surface area contributed by atoms with Gasteiger partial charge in [-0.15, -0.1) is 0 Å². The molecule has 0 aliphatic heterocycles. The van der Waals surface area contributed by atoms with Crippen molar-refractivity contribution in [3.05, 3.63) is 122 Å². The Balaban J connectivity index is 4.41. The van der Waals surface area contributed by atoms with Gasteiger partial charge in [-0.05, 0) is 122 Å². The number of allylic oxidation sites excluding steroid dienone is 20. The van der Waals surface area contributed by atoms with Gasteiger partial charge in [0.1, 0.15) is 6.61 Å². The van der Waals surface area contributed by atoms with Crippen LogP contribution in [0, 0.1) is 0 Å². The molecule has 0 saturated heterocycles. The lowest BCUT2D eigenvalue weighted by molar-refractivity contribution is -0.163. The first-order valence-corrected chi connectivity index (χ1v) is 24.1. The van der Waals surface area contributed by atoms with Crippen molar-refractivity contribution < 1.29 is 23.8 Å². The van der Waals surface area contributed by atoms with Crippen molar-refractivity contribution in [2.24, 2.45) is 0 Å². The third kappa shape index (κ3) is 47.0. The molecule has 60 heavy (non-hydrogen) atoms. The van der Waals surface area contributed by atoms with Crippen LogP contribution in [0.25, 0.3) is 0 Å². The van der Waals surface area contributed by atoms with Crippen LogP contribution < -0.4 is 0 Å². The third-order valence-corrected chi connectivity index (χ3v) is 9.47. The normalized spacial score (nSPS) is 13.3. The van der Waals surface area contributed by atoms with E-state index in [1.165, 1.54) is 6.42 Å². The van der Waals surface area contributed by atoms with Gasteiger partial charge in [0.25, 0.3) is 0 Å². The van der Waals surface area contributed by atoms with Crippen LogP contribution in [0.5, 0.6) is 0 Å². The number of rotatable bonds is 42. The highest BCUT2D eigenvalue weighted by Gasteiger charge is 2.17. The summed E-state index contributed by atoms with van der Waals surface area (Å²) in [5.74, 6) is -0.483. The molecule has 0 aromatic carbocycles. The van der Waals surface area contributed by atoms with Crippen molar-refractivity contribution in [2.75, 3.05) is 19.8 Å². The minimum atomic E-state index is -0.581. The Morgan fingerprint density at radius 3 is 1.12 bits per heavy atom. The maximum absolute atomic E-state index is 12.7. The van der Waals surface area contributed by atoms with E-state index < -0.39 is 6.10 Å². The molecule has 0 saturated carbocycles. The molecule has 1 atom stereocenters. The maximum atomic E-state index is 12.7. The fourth-order valence-electron chi connectivity index (χ4n) is 6.00. The molecule has 0 spiro atoms. The van der Waals surface area contributed by atoms with E-state index in [1.807, 2.05) is 0 Å². The summed E-state index contributed by atoms with van der Waals surface area (Å²) >= 11 is 0. The summed E-state index contributed by atoms with van der Waals surface area (Å²) in [5.41, 5.74) is 0. The maximum Gasteiger partial charge on any atom is 0.306 e. The van der Waals surface area contributed by atoms with Crippen LogP contribution in [0.1, 0.15) is 188 Å². The van der Waals surface area contributed by atoms with Gasteiger partial charge in [-0.25, -0.2) is 0 Å². The van der Waals surface area contributed by atoms with E-state index in [4.69, 9.17) is 14.2 Å². The van der Waals surface area contributed by atoms with Crippen LogP contribution in [0.4, 0.5) is 0 Å². The smallest absolute Gasteiger partial charge is 0.306 e. The van der Waals surface area contributed by atoms with E-state index in [1.54, 1.807) is 0 Å². The fraction of sp³-hybridized carbons (Fsp3) is 0.600. The first kappa shape index (κ1) is 56.3. The van der Waals surface area contributed by atoms with Gasteiger partial charge in [0, 0.05) is 19.4 Å². The van der Waals surface area contributed by atoms with Gasteiger partial charge < -0.3 is 14.2 Å². The Morgan fingerprint density at radius 2 is 0.700 bits per heavy atom. The van der Waals surface area contributed by atoms with Crippen LogP contribution in [-0.4, -0.2) is 37.9 Å².